The highest BCUT2D eigenvalue weighted by Gasteiger charge is 2.06. The van der Waals surface area contributed by atoms with Gasteiger partial charge in [-0.2, -0.15) is 11.8 Å². The first-order valence-electron chi connectivity index (χ1n) is 6.07. The summed E-state index contributed by atoms with van der Waals surface area (Å²) in [4.78, 5) is 0. The van der Waals surface area contributed by atoms with Crippen LogP contribution in [0, 0.1) is 0 Å². The van der Waals surface area contributed by atoms with E-state index in [-0.39, 0.29) is 6.04 Å². The maximum absolute atomic E-state index is 6.19. The molecule has 96 valence electrons. The Morgan fingerprint density at radius 2 is 1.89 bits per heavy atom. The summed E-state index contributed by atoms with van der Waals surface area (Å²) in [6.07, 6.45) is 3.13. The van der Waals surface area contributed by atoms with Crippen LogP contribution in [0.3, 0.4) is 0 Å². The molecule has 0 aliphatic carbocycles. The maximum Gasteiger partial charge on any atom is 0.119 e. The number of thioether (sulfide) groups is 1. The van der Waals surface area contributed by atoms with Crippen LogP contribution in [0.5, 0.6) is 5.75 Å². The van der Waals surface area contributed by atoms with E-state index in [2.05, 4.69) is 30.5 Å². The highest BCUT2D eigenvalue weighted by atomic mass is 32.2. The summed E-state index contributed by atoms with van der Waals surface area (Å²) >= 11 is 1.84. The first-order chi connectivity index (χ1) is 8.74. The number of hydrogen-bond acceptors (Lipinski definition) is 3. The molecule has 0 bridgehead atoms. The van der Waals surface area contributed by atoms with Crippen molar-refractivity contribution in [1.29, 1.82) is 0 Å². The van der Waals surface area contributed by atoms with Gasteiger partial charge in [0.25, 0.3) is 0 Å². The van der Waals surface area contributed by atoms with Gasteiger partial charge in [-0.25, -0.2) is 0 Å². The molecule has 0 aromatic heterocycles. The minimum Gasteiger partial charge on any atom is -0.497 e. The SMILES string of the molecule is COc1ccc2cc(C(N)CCSC)ccc2c1. The van der Waals surface area contributed by atoms with Gasteiger partial charge in [-0.05, 0) is 53.0 Å². The molecule has 1 atom stereocenters. The summed E-state index contributed by atoms with van der Waals surface area (Å²) in [6, 6.07) is 12.7. The van der Waals surface area contributed by atoms with E-state index in [0.29, 0.717) is 0 Å². The highest BCUT2D eigenvalue weighted by molar-refractivity contribution is 7.98. The Morgan fingerprint density at radius 3 is 2.61 bits per heavy atom. The molecule has 0 saturated carbocycles. The van der Waals surface area contributed by atoms with Crippen molar-refractivity contribution in [2.24, 2.45) is 5.73 Å². The number of fused-ring (bicyclic) bond motifs is 1. The van der Waals surface area contributed by atoms with Crippen molar-refractivity contribution in [2.75, 3.05) is 19.1 Å². The van der Waals surface area contributed by atoms with Crippen LogP contribution in [0.15, 0.2) is 36.4 Å². The predicted octanol–water partition coefficient (Wildman–Crippen LogP) is 3.60. The summed E-state index contributed by atoms with van der Waals surface area (Å²) in [5.41, 5.74) is 7.40. The van der Waals surface area contributed by atoms with Crippen LogP contribution in [0.4, 0.5) is 0 Å². The smallest absolute Gasteiger partial charge is 0.119 e. The van der Waals surface area contributed by atoms with Crippen molar-refractivity contribution < 1.29 is 4.74 Å². The Balaban J connectivity index is 2.27. The zero-order valence-corrected chi connectivity index (χ0v) is 11.7. The van der Waals surface area contributed by atoms with Crippen LogP contribution in [-0.2, 0) is 0 Å². The molecule has 3 heteroatoms. The average molecular weight is 261 g/mol. The third-order valence-electron chi connectivity index (χ3n) is 3.13. The zero-order valence-electron chi connectivity index (χ0n) is 10.8. The van der Waals surface area contributed by atoms with E-state index in [1.807, 2.05) is 23.9 Å². The largest absolute Gasteiger partial charge is 0.497 e. The lowest BCUT2D eigenvalue weighted by Gasteiger charge is -2.12. The molecule has 2 N–H and O–H groups in total. The second kappa shape index (κ2) is 6.12. The van der Waals surface area contributed by atoms with Crippen molar-refractivity contribution in [1.82, 2.24) is 0 Å². The minimum atomic E-state index is 0.129. The Hall–Kier alpha value is -1.19. The van der Waals surface area contributed by atoms with Crippen molar-refractivity contribution in [2.45, 2.75) is 12.5 Å². The molecular weight excluding hydrogens is 242 g/mol. The Morgan fingerprint density at radius 1 is 1.17 bits per heavy atom. The maximum atomic E-state index is 6.19. The van der Waals surface area contributed by atoms with Gasteiger partial charge in [0.05, 0.1) is 7.11 Å². The quantitative estimate of drug-likeness (QED) is 0.893. The van der Waals surface area contributed by atoms with Crippen LogP contribution >= 0.6 is 11.8 Å². The van der Waals surface area contributed by atoms with Crippen LogP contribution in [0.2, 0.25) is 0 Å². The molecule has 0 aliphatic rings. The van der Waals surface area contributed by atoms with Gasteiger partial charge < -0.3 is 10.5 Å². The van der Waals surface area contributed by atoms with E-state index in [0.717, 1.165) is 17.9 Å². The molecule has 0 aliphatic heterocycles. The highest BCUT2D eigenvalue weighted by Crippen LogP contribution is 2.25. The van der Waals surface area contributed by atoms with E-state index >= 15 is 0 Å². The van der Waals surface area contributed by atoms with E-state index in [4.69, 9.17) is 10.5 Å². The zero-order chi connectivity index (χ0) is 13.0. The van der Waals surface area contributed by atoms with Gasteiger partial charge >= 0.3 is 0 Å². The van der Waals surface area contributed by atoms with Gasteiger partial charge in [0.1, 0.15) is 5.75 Å². The lowest BCUT2D eigenvalue weighted by atomic mass is 10.0. The number of methoxy groups -OCH3 is 1. The summed E-state index contributed by atoms with van der Waals surface area (Å²) < 4.78 is 5.23. The van der Waals surface area contributed by atoms with Gasteiger partial charge in [0.15, 0.2) is 0 Å². The van der Waals surface area contributed by atoms with Gasteiger partial charge in [-0.15, -0.1) is 0 Å². The molecule has 2 aromatic rings. The third kappa shape index (κ3) is 2.98. The fraction of sp³-hybridized carbons (Fsp3) is 0.333. The molecule has 0 spiro atoms. The van der Waals surface area contributed by atoms with Gasteiger partial charge in [0.2, 0.25) is 0 Å². The van der Waals surface area contributed by atoms with Crippen molar-refractivity contribution in [3.8, 4) is 5.75 Å². The average Bonchev–Trinajstić information content (AvgIpc) is 2.43. The van der Waals surface area contributed by atoms with Crippen molar-refractivity contribution >= 4 is 22.5 Å². The molecule has 18 heavy (non-hydrogen) atoms. The summed E-state index contributed by atoms with van der Waals surface area (Å²) in [5, 5.41) is 2.41. The molecule has 0 saturated heterocycles. The van der Waals surface area contributed by atoms with Crippen molar-refractivity contribution in [3.05, 3.63) is 42.0 Å². The summed E-state index contributed by atoms with van der Waals surface area (Å²) in [7, 11) is 1.69. The molecule has 1 unspecified atom stereocenters. The molecule has 2 aromatic carbocycles. The van der Waals surface area contributed by atoms with Crippen LogP contribution in [-0.4, -0.2) is 19.1 Å². The second-order valence-electron chi connectivity index (χ2n) is 4.36. The first-order valence-corrected chi connectivity index (χ1v) is 7.46. The van der Waals surface area contributed by atoms with E-state index in [1.54, 1.807) is 7.11 Å². The number of hydrogen-bond donors (Lipinski definition) is 1. The molecular formula is C15H19NOS. The molecule has 2 rings (SSSR count). The lowest BCUT2D eigenvalue weighted by Crippen LogP contribution is -2.10. The summed E-state index contributed by atoms with van der Waals surface area (Å²) in [6.45, 7) is 0. The lowest BCUT2D eigenvalue weighted by molar-refractivity contribution is 0.415. The van der Waals surface area contributed by atoms with Crippen LogP contribution < -0.4 is 10.5 Å². The normalized spacial score (nSPS) is 12.6. The fourth-order valence-corrected chi connectivity index (χ4v) is 2.50. The Kier molecular flexibility index (Phi) is 4.50. The molecule has 0 fully saturated rings. The van der Waals surface area contributed by atoms with Gasteiger partial charge in [-0.1, -0.05) is 18.2 Å². The second-order valence-corrected chi connectivity index (χ2v) is 5.35. The molecule has 0 heterocycles. The van der Waals surface area contributed by atoms with Crippen LogP contribution in [0.25, 0.3) is 10.8 Å². The van der Waals surface area contributed by atoms with Gasteiger partial charge in [-0.3, -0.25) is 0 Å². The molecule has 2 nitrogen and oxygen atoms in total. The van der Waals surface area contributed by atoms with E-state index in [1.165, 1.54) is 16.3 Å². The Bertz CT molecular complexity index is 527. The third-order valence-corrected chi connectivity index (χ3v) is 3.78. The monoisotopic (exact) mass is 261 g/mol. The number of ether oxygens (including phenoxy) is 1. The first kappa shape index (κ1) is 13.2. The van der Waals surface area contributed by atoms with Crippen LogP contribution in [0.1, 0.15) is 18.0 Å². The number of benzene rings is 2. The fourth-order valence-electron chi connectivity index (χ4n) is 2.01. The number of rotatable bonds is 5. The molecule has 0 amide bonds. The minimum absolute atomic E-state index is 0.129. The predicted molar refractivity (Wildman–Crippen MR) is 80.4 cm³/mol. The Labute approximate surface area is 113 Å². The van der Waals surface area contributed by atoms with Crippen molar-refractivity contribution in [3.63, 3.8) is 0 Å². The standard InChI is InChI=1S/C15H19NOS/c1-17-14-6-5-11-9-13(4-3-12(11)10-14)15(16)7-8-18-2/h3-6,9-10,15H,7-8,16H2,1-2H3. The van der Waals surface area contributed by atoms with E-state index in [9.17, 15) is 0 Å². The molecule has 0 radical (unpaired) electrons. The topological polar surface area (TPSA) is 35.2 Å². The van der Waals surface area contributed by atoms with E-state index < -0.39 is 0 Å². The number of nitrogens with two attached hydrogens (primary N) is 1. The summed E-state index contributed by atoms with van der Waals surface area (Å²) in [5.74, 6) is 1.99. The van der Waals surface area contributed by atoms with Gasteiger partial charge in [0, 0.05) is 6.04 Å².